The number of para-hydroxylation sites is 1. The number of anilines is 2. The molecule has 0 spiro atoms. The van der Waals surface area contributed by atoms with Crippen LogP contribution in [0.25, 0.3) is 16.7 Å². The number of H-pyrrole nitrogens is 1. The molecule has 0 fully saturated rings. The Bertz CT molecular complexity index is 1700. The number of aliphatic hydroxyl groups excluding tert-OH is 1. The number of ether oxygens (including phenoxy) is 1. The van der Waals surface area contributed by atoms with Crippen LogP contribution in [0.15, 0.2) is 71.7 Å². The lowest BCUT2D eigenvalue weighted by Crippen LogP contribution is -2.26. The number of hydrogen-bond donors (Lipinski definition) is 4. The summed E-state index contributed by atoms with van der Waals surface area (Å²) in [6.07, 6.45) is 3.17. The van der Waals surface area contributed by atoms with E-state index in [1.165, 1.54) is 0 Å². The maximum atomic E-state index is 13.3. The van der Waals surface area contributed by atoms with E-state index in [1.807, 2.05) is 41.9 Å². The van der Waals surface area contributed by atoms with Crippen molar-refractivity contribution in [3.8, 4) is 17.2 Å². The second kappa shape index (κ2) is 10.1. The maximum Gasteiger partial charge on any atom is 0.284 e. The molecule has 0 unspecified atom stereocenters. The zero-order valence-corrected chi connectivity index (χ0v) is 21.2. The molecule has 0 saturated carbocycles. The molecule has 11 heteroatoms. The van der Waals surface area contributed by atoms with Crippen LogP contribution in [-0.4, -0.2) is 48.2 Å². The molecule has 0 bridgehead atoms. The van der Waals surface area contributed by atoms with Crippen molar-refractivity contribution >= 4 is 28.4 Å². The van der Waals surface area contributed by atoms with E-state index in [-0.39, 0.29) is 23.8 Å². The molecule has 39 heavy (non-hydrogen) atoms. The number of carbonyl (C=O) groups excluding carboxylic acids is 1. The summed E-state index contributed by atoms with van der Waals surface area (Å²) in [6, 6.07) is 17.8. The number of aromatic amines is 1. The maximum absolute atomic E-state index is 13.3. The zero-order valence-electron chi connectivity index (χ0n) is 21.2. The van der Waals surface area contributed by atoms with E-state index in [9.17, 15) is 14.7 Å². The fraction of sp³-hybridized carbons (Fsp3) is 0.214. The lowest BCUT2D eigenvalue weighted by atomic mass is 10.1. The Kier molecular flexibility index (Phi) is 6.33. The zero-order chi connectivity index (χ0) is 26.9. The minimum absolute atomic E-state index is 0.0513. The van der Waals surface area contributed by atoms with Gasteiger partial charge in [0.2, 0.25) is 0 Å². The van der Waals surface area contributed by atoms with Crippen LogP contribution in [0.1, 0.15) is 29.4 Å². The Morgan fingerprint density at radius 3 is 2.72 bits per heavy atom. The van der Waals surface area contributed by atoms with Crippen LogP contribution in [0.4, 0.5) is 11.5 Å². The van der Waals surface area contributed by atoms with Gasteiger partial charge in [0.1, 0.15) is 22.4 Å². The first-order chi connectivity index (χ1) is 19.0. The van der Waals surface area contributed by atoms with E-state index in [1.54, 1.807) is 41.2 Å². The van der Waals surface area contributed by atoms with Crippen molar-refractivity contribution in [2.24, 2.45) is 0 Å². The van der Waals surface area contributed by atoms with Gasteiger partial charge in [0.25, 0.3) is 11.5 Å². The van der Waals surface area contributed by atoms with Gasteiger partial charge in [-0.15, -0.1) is 0 Å². The first kappa shape index (κ1) is 24.4. The van der Waals surface area contributed by atoms with E-state index in [2.05, 4.69) is 25.8 Å². The van der Waals surface area contributed by atoms with Gasteiger partial charge in [-0.3, -0.25) is 19.4 Å². The van der Waals surface area contributed by atoms with Crippen LogP contribution in [0.3, 0.4) is 0 Å². The molecule has 5 aromatic rings. The molecule has 198 valence electrons. The molecule has 3 aromatic heterocycles. The number of nitrogens with one attached hydrogen (secondary N) is 3. The summed E-state index contributed by atoms with van der Waals surface area (Å²) in [5, 5.41) is 23.2. The SMILES string of the molecule is C[C@H](CO)Nc1n[nH]c2nccc(Oc3ccc(NC(=O)c4c5n(n(-c6ccccc6)c4=O)CCC5)cc3)c12. The van der Waals surface area contributed by atoms with E-state index in [0.717, 1.165) is 17.8 Å². The van der Waals surface area contributed by atoms with Gasteiger partial charge in [0.15, 0.2) is 11.5 Å². The molecule has 1 atom stereocenters. The minimum atomic E-state index is -0.433. The van der Waals surface area contributed by atoms with Crippen LogP contribution in [0.5, 0.6) is 11.5 Å². The highest BCUT2D eigenvalue weighted by Gasteiger charge is 2.28. The third kappa shape index (κ3) is 4.53. The summed E-state index contributed by atoms with van der Waals surface area (Å²) in [5.74, 6) is 1.17. The third-order valence-corrected chi connectivity index (χ3v) is 6.68. The number of aromatic nitrogens is 5. The highest BCUT2D eigenvalue weighted by atomic mass is 16.5. The van der Waals surface area contributed by atoms with Gasteiger partial charge in [-0.2, -0.15) is 5.10 Å². The van der Waals surface area contributed by atoms with Crippen molar-refractivity contribution in [1.29, 1.82) is 0 Å². The van der Waals surface area contributed by atoms with Crippen LogP contribution in [0, 0.1) is 0 Å². The third-order valence-electron chi connectivity index (χ3n) is 6.68. The molecule has 6 rings (SSSR count). The van der Waals surface area contributed by atoms with E-state index in [4.69, 9.17) is 4.74 Å². The molecule has 1 aliphatic heterocycles. The summed E-state index contributed by atoms with van der Waals surface area (Å²) in [6.45, 7) is 2.47. The average Bonchev–Trinajstić information content (AvgIpc) is 3.65. The van der Waals surface area contributed by atoms with Crippen LogP contribution >= 0.6 is 0 Å². The molecular formula is C28H27N7O4. The number of pyridine rings is 1. The number of benzene rings is 2. The fourth-order valence-electron chi connectivity index (χ4n) is 4.85. The standard InChI is InChI=1S/C28H27N7O4/c1-17(16-36)30-26-24-22(13-14-29-25(24)32-33-26)39-20-11-9-18(10-12-20)31-27(37)23-21-8-5-15-34(21)35(28(23)38)19-6-3-2-4-7-19/h2-4,6-7,9-14,17,36H,5,8,15-16H2,1H3,(H,31,37)(H2,29,30,32,33)/t17-/m1/s1. The number of carbonyl (C=O) groups is 1. The Balaban J connectivity index is 1.23. The van der Waals surface area contributed by atoms with E-state index < -0.39 is 5.91 Å². The number of amides is 1. The van der Waals surface area contributed by atoms with Crippen molar-refractivity contribution in [2.75, 3.05) is 17.2 Å². The summed E-state index contributed by atoms with van der Waals surface area (Å²) in [4.78, 5) is 30.9. The first-order valence-corrected chi connectivity index (χ1v) is 12.7. The Labute approximate surface area is 223 Å². The van der Waals surface area contributed by atoms with Crippen molar-refractivity contribution in [3.63, 3.8) is 0 Å². The van der Waals surface area contributed by atoms with Crippen molar-refractivity contribution < 1.29 is 14.6 Å². The monoisotopic (exact) mass is 525 g/mol. The highest BCUT2D eigenvalue weighted by molar-refractivity contribution is 6.05. The number of rotatable bonds is 8. The van der Waals surface area contributed by atoms with Gasteiger partial charge in [0, 0.05) is 30.5 Å². The van der Waals surface area contributed by atoms with Crippen molar-refractivity contribution in [3.05, 3.63) is 88.5 Å². The van der Waals surface area contributed by atoms with Crippen molar-refractivity contribution in [1.82, 2.24) is 24.5 Å². The normalized spacial score (nSPS) is 13.3. The quantitative estimate of drug-likeness (QED) is 0.242. The molecule has 0 radical (unpaired) electrons. The molecule has 1 aliphatic rings. The van der Waals surface area contributed by atoms with Gasteiger partial charge in [0.05, 0.1) is 18.0 Å². The minimum Gasteiger partial charge on any atom is -0.456 e. The Hall–Kier alpha value is -4.90. The smallest absolute Gasteiger partial charge is 0.284 e. The van der Waals surface area contributed by atoms with Gasteiger partial charge < -0.3 is 20.5 Å². The molecule has 0 aliphatic carbocycles. The molecule has 0 saturated heterocycles. The van der Waals surface area contributed by atoms with Crippen LogP contribution < -0.4 is 20.9 Å². The van der Waals surface area contributed by atoms with Crippen LogP contribution in [0.2, 0.25) is 0 Å². The predicted octanol–water partition coefficient (Wildman–Crippen LogP) is 3.69. The Morgan fingerprint density at radius 2 is 1.95 bits per heavy atom. The lowest BCUT2D eigenvalue weighted by molar-refractivity contribution is 0.102. The summed E-state index contributed by atoms with van der Waals surface area (Å²) in [5.41, 5.74) is 2.42. The van der Waals surface area contributed by atoms with Gasteiger partial charge in [-0.25, -0.2) is 9.67 Å². The summed E-state index contributed by atoms with van der Waals surface area (Å²) < 4.78 is 9.60. The average molecular weight is 526 g/mol. The van der Waals surface area contributed by atoms with Gasteiger partial charge >= 0.3 is 0 Å². The fourth-order valence-corrected chi connectivity index (χ4v) is 4.85. The second-order valence-electron chi connectivity index (χ2n) is 9.41. The van der Waals surface area contributed by atoms with E-state index >= 15 is 0 Å². The summed E-state index contributed by atoms with van der Waals surface area (Å²) in [7, 11) is 0. The largest absolute Gasteiger partial charge is 0.456 e. The number of nitrogens with zero attached hydrogens (tertiary/aromatic N) is 4. The predicted molar refractivity (Wildman–Crippen MR) is 147 cm³/mol. The highest BCUT2D eigenvalue weighted by Crippen LogP contribution is 2.33. The van der Waals surface area contributed by atoms with Crippen molar-refractivity contribution in [2.45, 2.75) is 32.4 Å². The molecule has 4 N–H and O–H groups in total. The molecule has 11 nitrogen and oxygen atoms in total. The van der Waals surface area contributed by atoms with E-state index in [0.29, 0.717) is 47.0 Å². The summed E-state index contributed by atoms with van der Waals surface area (Å²) >= 11 is 0. The molecule has 1 amide bonds. The number of aliphatic hydroxyl groups is 1. The molecule has 2 aromatic carbocycles. The lowest BCUT2D eigenvalue weighted by Gasteiger charge is -2.12. The number of hydrogen-bond acceptors (Lipinski definition) is 7. The van der Waals surface area contributed by atoms with Crippen LogP contribution in [-0.2, 0) is 13.0 Å². The second-order valence-corrected chi connectivity index (χ2v) is 9.41. The number of fused-ring (bicyclic) bond motifs is 2. The molecular weight excluding hydrogens is 498 g/mol. The van der Waals surface area contributed by atoms with Gasteiger partial charge in [-0.1, -0.05) is 18.2 Å². The van der Waals surface area contributed by atoms with Gasteiger partial charge in [-0.05, 0) is 56.2 Å². The molecule has 4 heterocycles. The Morgan fingerprint density at radius 1 is 1.15 bits per heavy atom. The first-order valence-electron chi connectivity index (χ1n) is 12.7. The topological polar surface area (TPSA) is 139 Å².